The van der Waals surface area contributed by atoms with E-state index in [0.717, 1.165) is 17.2 Å². The van der Waals surface area contributed by atoms with Crippen LogP contribution in [-0.2, 0) is 0 Å². The molecule has 2 rings (SSSR count). The second kappa shape index (κ2) is 3.70. The van der Waals surface area contributed by atoms with Crippen LogP contribution in [0.3, 0.4) is 0 Å². The largest absolute Gasteiger partial charge is 0.336 e. The zero-order chi connectivity index (χ0) is 11.0. The molecule has 0 aliphatic heterocycles. The van der Waals surface area contributed by atoms with E-state index in [0.29, 0.717) is 10.7 Å². The first-order chi connectivity index (χ1) is 7.13. The molecule has 0 spiro atoms. The van der Waals surface area contributed by atoms with Gasteiger partial charge in [-0.2, -0.15) is 0 Å². The Balaban J connectivity index is 2.82. The molecule has 2 nitrogen and oxygen atoms in total. The van der Waals surface area contributed by atoms with E-state index in [-0.39, 0.29) is 6.04 Å². The first-order valence-electron chi connectivity index (χ1n) is 4.89. The van der Waals surface area contributed by atoms with E-state index in [1.807, 2.05) is 42.7 Å². The predicted octanol–water partition coefficient (Wildman–Crippen LogP) is 3.69. The summed E-state index contributed by atoms with van der Waals surface area (Å²) in [5, 5.41) is 1.75. The Bertz CT molecular complexity index is 514. The summed E-state index contributed by atoms with van der Waals surface area (Å²) in [5.74, 6) is 0. The maximum atomic E-state index is 10.9. The lowest BCUT2D eigenvalue weighted by atomic mass is 10.2. The van der Waals surface area contributed by atoms with Crippen LogP contribution in [0.5, 0.6) is 0 Å². The molecule has 0 atom stereocenters. The Kier molecular flexibility index (Phi) is 2.53. The highest BCUT2D eigenvalue weighted by atomic mass is 35.5. The molecule has 78 valence electrons. The third kappa shape index (κ3) is 1.65. The first kappa shape index (κ1) is 10.2. The Morgan fingerprint density at radius 2 is 2.07 bits per heavy atom. The Labute approximate surface area is 93.5 Å². The molecular weight excluding hydrogens is 210 g/mol. The van der Waals surface area contributed by atoms with Crippen molar-refractivity contribution in [1.29, 1.82) is 0 Å². The van der Waals surface area contributed by atoms with E-state index >= 15 is 0 Å². The zero-order valence-corrected chi connectivity index (χ0v) is 9.45. The van der Waals surface area contributed by atoms with Gasteiger partial charge in [0.2, 0.25) is 0 Å². The molecule has 0 amide bonds. The summed E-state index contributed by atoms with van der Waals surface area (Å²) in [4.78, 5) is 10.9. The average molecular weight is 222 g/mol. The second-order valence-corrected chi connectivity index (χ2v) is 4.29. The molecule has 0 unspecified atom stereocenters. The summed E-state index contributed by atoms with van der Waals surface area (Å²) in [6.07, 6.45) is 0.883. The van der Waals surface area contributed by atoms with Crippen LogP contribution in [0, 0.1) is 0 Å². The van der Waals surface area contributed by atoms with E-state index < -0.39 is 0 Å². The fraction of sp³-hybridized carbons (Fsp3) is 0.250. The number of aldehydes is 1. The molecule has 0 radical (unpaired) electrons. The number of halogens is 1. The molecule has 0 saturated heterocycles. The van der Waals surface area contributed by atoms with Gasteiger partial charge in [-0.1, -0.05) is 17.7 Å². The fourth-order valence-corrected chi connectivity index (χ4v) is 2.05. The molecule has 0 fully saturated rings. The zero-order valence-electron chi connectivity index (χ0n) is 8.70. The maximum Gasteiger partial charge on any atom is 0.166 e. The normalized spacial score (nSPS) is 11.2. The van der Waals surface area contributed by atoms with Crippen LogP contribution >= 0.6 is 11.6 Å². The van der Waals surface area contributed by atoms with Crippen molar-refractivity contribution in [3.8, 4) is 0 Å². The highest BCUT2D eigenvalue weighted by Gasteiger charge is 2.10. The summed E-state index contributed by atoms with van der Waals surface area (Å²) in [7, 11) is 0. The number of fused-ring (bicyclic) bond motifs is 1. The molecule has 3 heteroatoms. The highest BCUT2D eigenvalue weighted by Crippen LogP contribution is 2.25. The second-order valence-electron chi connectivity index (χ2n) is 3.85. The van der Waals surface area contributed by atoms with Crippen molar-refractivity contribution in [1.82, 2.24) is 4.57 Å². The van der Waals surface area contributed by atoms with Gasteiger partial charge in [0.1, 0.15) is 0 Å². The summed E-state index contributed by atoms with van der Waals surface area (Å²) < 4.78 is 1.99. The Morgan fingerprint density at radius 1 is 1.33 bits per heavy atom. The van der Waals surface area contributed by atoms with E-state index in [1.54, 1.807) is 0 Å². The Hall–Kier alpha value is -1.28. The first-order valence-corrected chi connectivity index (χ1v) is 5.27. The lowest BCUT2D eigenvalue weighted by molar-refractivity contribution is 0.111. The smallest absolute Gasteiger partial charge is 0.166 e. The van der Waals surface area contributed by atoms with Gasteiger partial charge in [-0.3, -0.25) is 4.79 Å². The van der Waals surface area contributed by atoms with Gasteiger partial charge in [0.05, 0.1) is 11.2 Å². The van der Waals surface area contributed by atoms with E-state index in [2.05, 4.69) is 0 Å². The molecule has 0 aliphatic carbocycles. The lowest BCUT2D eigenvalue weighted by Crippen LogP contribution is -2.04. The van der Waals surface area contributed by atoms with Gasteiger partial charge in [-0.25, -0.2) is 0 Å². The van der Waals surface area contributed by atoms with Crippen molar-refractivity contribution < 1.29 is 4.79 Å². The summed E-state index contributed by atoms with van der Waals surface area (Å²) >= 11 is 5.95. The quantitative estimate of drug-likeness (QED) is 0.709. The number of hydrogen-bond donors (Lipinski definition) is 0. The predicted molar refractivity (Wildman–Crippen MR) is 62.7 cm³/mol. The summed E-state index contributed by atoms with van der Waals surface area (Å²) in [5.41, 5.74) is 1.71. The van der Waals surface area contributed by atoms with E-state index in [4.69, 9.17) is 11.6 Å². The monoisotopic (exact) mass is 221 g/mol. The third-order valence-electron chi connectivity index (χ3n) is 2.47. The molecule has 0 N–H and O–H groups in total. The van der Waals surface area contributed by atoms with Crippen molar-refractivity contribution in [2.45, 2.75) is 19.9 Å². The minimum atomic E-state index is 0.251. The number of hydrogen-bond acceptors (Lipinski definition) is 1. The van der Waals surface area contributed by atoms with Crippen molar-refractivity contribution in [3.63, 3.8) is 0 Å². The minimum Gasteiger partial charge on any atom is -0.336 e. The number of nitrogens with zero attached hydrogens (tertiary/aromatic N) is 1. The standard InChI is InChI=1S/C12H12ClNO/c1-8(2)14-11(7-15)5-9-3-4-10(13)6-12(9)14/h3-8H,1-2H3. The number of carbonyl (C=O) groups is 1. The molecule has 0 aliphatic rings. The van der Waals surface area contributed by atoms with Crippen molar-refractivity contribution in [3.05, 3.63) is 35.0 Å². The summed E-state index contributed by atoms with van der Waals surface area (Å²) in [6.45, 7) is 4.10. The van der Waals surface area contributed by atoms with Crippen molar-refractivity contribution >= 4 is 28.8 Å². The van der Waals surface area contributed by atoms with Gasteiger partial charge < -0.3 is 4.57 Å². The van der Waals surface area contributed by atoms with Gasteiger partial charge in [0.15, 0.2) is 6.29 Å². The molecule has 0 saturated carbocycles. The SMILES string of the molecule is CC(C)n1c(C=O)cc2ccc(Cl)cc21. The maximum absolute atomic E-state index is 10.9. The highest BCUT2D eigenvalue weighted by molar-refractivity contribution is 6.31. The molecule has 1 aromatic carbocycles. The van der Waals surface area contributed by atoms with Crippen LogP contribution in [0.25, 0.3) is 10.9 Å². The molecule has 1 heterocycles. The summed E-state index contributed by atoms with van der Waals surface area (Å²) in [6, 6.07) is 7.80. The van der Waals surface area contributed by atoms with Crippen LogP contribution in [0.15, 0.2) is 24.3 Å². The van der Waals surface area contributed by atoms with Gasteiger partial charge in [-0.05, 0) is 32.0 Å². The molecular formula is C12H12ClNO. The average Bonchev–Trinajstić information content (AvgIpc) is 2.55. The fourth-order valence-electron chi connectivity index (χ4n) is 1.88. The molecule has 1 aromatic heterocycles. The van der Waals surface area contributed by atoms with E-state index in [9.17, 15) is 4.79 Å². The number of aromatic nitrogens is 1. The minimum absolute atomic E-state index is 0.251. The van der Waals surface area contributed by atoms with Crippen LogP contribution in [0.1, 0.15) is 30.4 Å². The van der Waals surface area contributed by atoms with Crippen molar-refractivity contribution in [2.24, 2.45) is 0 Å². The van der Waals surface area contributed by atoms with Gasteiger partial charge >= 0.3 is 0 Å². The Morgan fingerprint density at radius 3 is 2.67 bits per heavy atom. The van der Waals surface area contributed by atoms with Crippen molar-refractivity contribution in [2.75, 3.05) is 0 Å². The molecule has 2 aromatic rings. The van der Waals surface area contributed by atoms with E-state index in [1.165, 1.54) is 0 Å². The lowest BCUT2D eigenvalue weighted by Gasteiger charge is -2.11. The number of rotatable bonds is 2. The third-order valence-corrected chi connectivity index (χ3v) is 2.71. The van der Waals surface area contributed by atoms with Crippen LogP contribution in [-0.4, -0.2) is 10.9 Å². The van der Waals surface area contributed by atoms with Gasteiger partial charge in [-0.15, -0.1) is 0 Å². The topological polar surface area (TPSA) is 22.0 Å². The molecule has 15 heavy (non-hydrogen) atoms. The molecule has 0 bridgehead atoms. The van der Waals surface area contributed by atoms with Crippen LogP contribution in [0.2, 0.25) is 5.02 Å². The van der Waals surface area contributed by atoms with Gasteiger partial charge in [0.25, 0.3) is 0 Å². The van der Waals surface area contributed by atoms with Crippen LogP contribution in [0.4, 0.5) is 0 Å². The van der Waals surface area contributed by atoms with Crippen LogP contribution < -0.4 is 0 Å². The number of benzene rings is 1. The number of carbonyl (C=O) groups excluding carboxylic acids is 1. The van der Waals surface area contributed by atoms with Gasteiger partial charge in [0, 0.05) is 16.5 Å².